The van der Waals surface area contributed by atoms with Crippen molar-refractivity contribution in [3.05, 3.63) is 81.4 Å². The van der Waals surface area contributed by atoms with E-state index >= 15 is 0 Å². The Morgan fingerprint density at radius 1 is 1.31 bits per heavy atom. The standard InChI is InChI=1S/C22H23N3O3S/c1-3-11-25-21(27)18-9-8-16(14-19(18)24-22(25)29)20(26)23-10-5-12-28-17-7-4-6-15(2)13-17/h3-4,6-9,13-14H,1,5,10-12H2,2H3,(H,23,26)(H,24,29). The number of carbonyl (C=O) groups excluding carboxylic acids is 1. The zero-order chi connectivity index (χ0) is 20.8. The molecule has 29 heavy (non-hydrogen) atoms. The van der Waals surface area contributed by atoms with Crippen LogP contribution in [0.4, 0.5) is 0 Å². The summed E-state index contributed by atoms with van der Waals surface area (Å²) in [6, 6.07) is 12.8. The van der Waals surface area contributed by atoms with Gasteiger partial charge in [0.05, 0.1) is 17.5 Å². The Bertz CT molecular complexity index is 1160. The number of aryl methyl sites for hydroxylation is 1. The number of aromatic nitrogens is 2. The van der Waals surface area contributed by atoms with Crippen LogP contribution in [0.25, 0.3) is 10.9 Å². The van der Waals surface area contributed by atoms with Crippen LogP contribution in [0, 0.1) is 11.7 Å². The molecule has 0 fully saturated rings. The molecule has 3 rings (SSSR count). The molecule has 7 heteroatoms. The van der Waals surface area contributed by atoms with E-state index in [1.54, 1.807) is 24.3 Å². The maximum Gasteiger partial charge on any atom is 0.262 e. The first-order chi connectivity index (χ1) is 14.0. The molecule has 0 unspecified atom stereocenters. The fraction of sp³-hybridized carbons (Fsp3) is 0.227. The van der Waals surface area contributed by atoms with Gasteiger partial charge in [0.2, 0.25) is 0 Å². The average molecular weight is 410 g/mol. The van der Waals surface area contributed by atoms with Gasteiger partial charge in [-0.1, -0.05) is 18.2 Å². The van der Waals surface area contributed by atoms with Gasteiger partial charge in [0.25, 0.3) is 11.5 Å². The Balaban J connectivity index is 1.60. The molecule has 0 spiro atoms. The molecule has 0 aliphatic carbocycles. The third-order valence-electron chi connectivity index (χ3n) is 4.42. The zero-order valence-corrected chi connectivity index (χ0v) is 17.1. The summed E-state index contributed by atoms with van der Waals surface area (Å²) in [7, 11) is 0. The number of nitrogens with one attached hydrogen (secondary N) is 2. The van der Waals surface area contributed by atoms with E-state index in [2.05, 4.69) is 16.9 Å². The van der Waals surface area contributed by atoms with E-state index in [0.29, 0.717) is 47.4 Å². The normalized spacial score (nSPS) is 10.7. The molecule has 0 atom stereocenters. The fourth-order valence-corrected chi connectivity index (χ4v) is 3.23. The van der Waals surface area contributed by atoms with Crippen molar-refractivity contribution in [2.75, 3.05) is 13.2 Å². The molecule has 150 valence electrons. The van der Waals surface area contributed by atoms with E-state index < -0.39 is 0 Å². The minimum atomic E-state index is -0.211. The van der Waals surface area contributed by atoms with Gasteiger partial charge in [-0.25, -0.2) is 0 Å². The third kappa shape index (κ3) is 5.00. The molecular formula is C22H23N3O3S. The van der Waals surface area contributed by atoms with Crippen LogP contribution in [0.1, 0.15) is 22.3 Å². The largest absolute Gasteiger partial charge is 0.494 e. The van der Waals surface area contributed by atoms with Crippen molar-refractivity contribution in [3.8, 4) is 5.75 Å². The van der Waals surface area contributed by atoms with E-state index in [4.69, 9.17) is 17.0 Å². The number of benzene rings is 2. The monoisotopic (exact) mass is 409 g/mol. The zero-order valence-electron chi connectivity index (χ0n) is 16.2. The number of aromatic amines is 1. The number of fused-ring (bicyclic) bond motifs is 1. The second-order valence-corrected chi connectivity index (χ2v) is 7.06. The molecule has 0 saturated carbocycles. The van der Waals surface area contributed by atoms with Crippen LogP contribution in [0.3, 0.4) is 0 Å². The van der Waals surface area contributed by atoms with Gasteiger partial charge < -0.3 is 15.0 Å². The fourth-order valence-electron chi connectivity index (χ4n) is 2.96. The molecule has 0 aliphatic heterocycles. The molecule has 1 heterocycles. The molecule has 2 N–H and O–H groups in total. The number of hydrogen-bond acceptors (Lipinski definition) is 4. The van der Waals surface area contributed by atoms with Crippen LogP contribution in [-0.4, -0.2) is 28.6 Å². The van der Waals surface area contributed by atoms with Gasteiger partial charge in [-0.15, -0.1) is 6.58 Å². The van der Waals surface area contributed by atoms with E-state index in [1.807, 2.05) is 31.2 Å². The van der Waals surface area contributed by atoms with Crippen molar-refractivity contribution in [2.45, 2.75) is 19.9 Å². The first kappa shape index (κ1) is 20.5. The van der Waals surface area contributed by atoms with Crippen molar-refractivity contribution in [1.29, 1.82) is 0 Å². The Labute approximate surface area is 173 Å². The molecule has 6 nitrogen and oxygen atoms in total. The van der Waals surface area contributed by atoms with E-state index in [0.717, 1.165) is 11.3 Å². The first-order valence-electron chi connectivity index (χ1n) is 9.35. The van der Waals surface area contributed by atoms with Gasteiger partial charge in [0.1, 0.15) is 5.75 Å². The van der Waals surface area contributed by atoms with Crippen molar-refractivity contribution >= 4 is 29.0 Å². The van der Waals surface area contributed by atoms with Gasteiger partial charge in [-0.2, -0.15) is 0 Å². The number of rotatable bonds is 8. The van der Waals surface area contributed by atoms with Crippen molar-refractivity contribution in [2.24, 2.45) is 0 Å². The highest BCUT2D eigenvalue weighted by Crippen LogP contribution is 2.13. The van der Waals surface area contributed by atoms with Gasteiger partial charge in [-0.3, -0.25) is 14.2 Å². The molecular weight excluding hydrogens is 386 g/mol. The molecule has 0 bridgehead atoms. The summed E-state index contributed by atoms with van der Waals surface area (Å²) in [6.45, 7) is 6.98. The molecule has 0 aliphatic rings. The van der Waals surface area contributed by atoms with Gasteiger partial charge in [0, 0.05) is 18.7 Å². The minimum Gasteiger partial charge on any atom is -0.494 e. The Kier molecular flexibility index (Phi) is 6.61. The maximum atomic E-state index is 12.5. The number of hydrogen-bond donors (Lipinski definition) is 2. The number of nitrogens with zero attached hydrogens (tertiary/aromatic N) is 1. The Hall–Kier alpha value is -3.19. The number of ether oxygens (including phenoxy) is 1. The van der Waals surface area contributed by atoms with E-state index in [1.165, 1.54) is 4.57 Å². The average Bonchev–Trinajstić information content (AvgIpc) is 2.70. The first-order valence-corrected chi connectivity index (χ1v) is 9.76. The number of amides is 1. The summed E-state index contributed by atoms with van der Waals surface area (Å²) in [6.07, 6.45) is 2.29. The van der Waals surface area contributed by atoms with Crippen LogP contribution in [0.2, 0.25) is 0 Å². The summed E-state index contributed by atoms with van der Waals surface area (Å²) in [5, 5.41) is 3.34. The second-order valence-electron chi connectivity index (χ2n) is 6.67. The Morgan fingerprint density at radius 2 is 2.14 bits per heavy atom. The van der Waals surface area contributed by atoms with Crippen LogP contribution >= 0.6 is 12.2 Å². The Morgan fingerprint density at radius 3 is 2.90 bits per heavy atom. The topological polar surface area (TPSA) is 76.1 Å². The second kappa shape index (κ2) is 9.34. The predicted molar refractivity (Wildman–Crippen MR) is 117 cm³/mol. The molecule has 1 amide bonds. The van der Waals surface area contributed by atoms with E-state index in [9.17, 15) is 9.59 Å². The van der Waals surface area contributed by atoms with Crippen molar-refractivity contribution in [1.82, 2.24) is 14.9 Å². The van der Waals surface area contributed by atoms with Crippen LogP contribution in [0.5, 0.6) is 5.75 Å². The molecule has 0 radical (unpaired) electrons. The van der Waals surface area contributed by atoms with Gasteiger partial charge >= 0.3 is 0 Å². The number of allylic oxidation sites excluding steroid dienone is 1. The smallest absolute Gasteiger partial charge is 0.262 e. The summed E-state index contributed by atoms with van der Waals surface area (Å²) in [4.78, 5) is 27.9. The molecule has 2 aromatic carbocycles. The molecule has 3 aromatic rings. The quantitative estimate of drug-likeness (QED) is 0.337. The highest BCUT2D eigenvalue weighted by atomic mass is 32.1. The minimum absolute atomic E-state index is 0.205. The predicted octanol–water partition coefficient (Wildman–Crippen LogP) is 3.75. The lowest BCUT2D eigenvalue weighted by Gasteiger charge is -2.09. The van der Waals surface area contributed by atoms with Crippen LogP contribution in [-0.2, 0) is 6.54 Å². The SMILES string of the molecule is C=CCn1c(=S)[nH]c2cc(C(=O)NCCCOc3cccc(C)c3)ccc2c1=O. The lowest BCUT2D eigenvalue weighted by atomic mass is 10.1. The van der Waals surface area contributed by atoms with Crippen molar-refractivity contribution in [3.63, 3.8) is 0 Å². The summed E-state index contributed by atoms with van der Waals surface area (Å²) >= 11 is 5.23. The van der Waals surface area contributed by atoms with Crippen molar-refractivity contribution < 1.29 is 9.53 Å². The maximum absolute atomic E-state index is 12.5. The van der Waals surface area contributed by atoms with Crippen LogP contribution < -0.4 is 15.6 Å². The summed E-state index contributed by atoms with van der Waals surface area (Å²) in [5.41, 5.74) is 1.94. The number of carbonyl (C=O) groups is 1. The number of H-pyrrole nitrogens is 1. The lowest BCUT2D eigenvalue weighted by Crippen LogP contribution is -2.26. The summed E-state index contributed by atoms with van der Waals surface area (Å²) < 4.78 is 7.41. The molecule has 0 saturated heterocycles. The van der Waals surface area contributed by atoms with Gasteiger partial charge in [0.15, 0.2) is 4.77 Å². The van der Waals surface area contributed by atoms with E-state index in [-0.39, 0.29) is 11.5 Å². The highest BCUT2D eigenvalue weighted by Gasteiger charge is 2.10. The highest BCUT2D eigenvalue weighted by molar-refractivity contribution is 7.71. The van der Waals surface area contributed by atoms with Gasteiger partial charge in [-0.05, 0) is 61.5 Å². The molecule has 1 aromatic heterocycles. The third-order valence-corrected chi connectivity index (χ3v) is 4.74. The summed E-state index contributed by atoms with van der Waals surface area (Å²) in [5.74, 6) is 0.611. The van der Waals surface area contributed by atoms with Crippen LogP contribution in [0.15, 0.2) is 59.9 Å². The lowest BCUT2D eigenvalue weighted by molar-refractivity contribution is 0.0951.